The van der Waals surface area contributed by atoms with Crippen molar-refractivity contribution in [3.63, 3.8) is 0 Å². The second-order valence-corrected chi connectivity index (χ2v) is 9.92. The molecule has 4 heterocycles. The van der Waals surface area contributed by atoms with Crippen molar-refractivity contribution < 1.29 is 18.0 Å². The number of aromatic nitrogens is 5. The zero-order valence-electron chi connectivity index (χ0n) is 20.0. The van der Waals surface area contributed by atoms with Crippen molar-refractivity contribution in [2.45, 2.75) is 25.7 Å². The third-order valence-electron chi connectivity index (χ3n) is 6.15. The fraction of sp³-hybridized carbons (Fsp3) is 0.391. The van der Waals surface area contributed by atoms with Crippen LogP contribution in [-0.2, 0) is 17.5 Å². The van der Waals surface area contributed by atoms with Gasteiger partial charge in [-0.05, 0) is 31.2 Å². The Morgan fingerprint density at radius 3 is 2.72 bits per heavy atom. The molecule has 0 spiro atoms. The van der Waals surface area contributed by atoms with E-state index in [0.29, 0.717) is 47.0 Å². The normalized spacial score (nSPS) is 16.7. The number of imidazole rings is 1. The standard InChI is InChI=1S/C23H25F3N8OS/c1-14-12-32(9-10-34(14)18(35)13-33-8-4-7-27-33)21-19(30-22(36-21)23(24,25)26)20-28-16-6-5-15(31(2)3)11-17(16)29-20/h4-8,11,14H,9-10,12-13H2,1-3H3,(H,28,29)/t14-/m1/s1. The Hall–Kier alpha value is -3.61. The fourth-order valence-electron chi connectivity index (χ4n) is 4.33. The number of amides is 1. The van der Waals surface area contributed by atoms with Crippen LogP contribution in [0.1, 0.15) is 11.9 Å². The molecular formula is C23H25F3N8OS. The molecule has 0 bridgehead atoms. The van der Waals surface area contributed by atoms with Gasteiger partial charge in [-0.15, -0.1) is 0 Å². The Labute approximate surface area is 209 Å². The van der Waals surface area contributed by atoms with Crippen LogP contribution in [0, 0.1) is 0 Å². The van der Waals surface area contributed by atoms with Gasteiger partial charge >= 0.3 is 6.18 Å². The smallest absolute Gasteiger partial charge is 0.378 e. The molecule has 190 valence electrons. The number of rotatable bonds is 5. The summed E-state index contributed by atoms with van der Waals surface area (Å²) in [5.41, 5.74) is 2.46. The number of hydrogen-bond acceptors (Lipinski definition) is 7. The van der Waals surface area contributed by atoms with Crippen molar-refractivity contribution >= 4 is 39.0 Å². The lowest BCUT2D eigenvalue weighted by molar-refractivity contribution is -0.137. The molecule has 0 unspecified atom stereocenters. The molecule has 5 rings (SSSR count). The Bertz CT molecular complexity index is 1380. The average Bonchev–Trinajstić information content (AvgIpc) is 3.56. The summed E-state index contributed by atoms with van der Waals surface area (Å²) < 4.78 is 42.6. The van der Waals surface area contributed by atoms with E-state index in [1.165, 1.54) is 0 Å². The third kappa shape index (κ3) is 4.62. The number of nitrogens with zero attached hydrogens (tertiary/aromatic N) is 7. The highest BCUT2D eigenvalue weighted by Gasteiger charge is 2.39. The molecule has 1 aliphatic heterocycles. The van der Waals surface area contributed by atoms with Crippen LogP contribution in [0.15, 0.2) is 36.7 Å². The molecule has 1 atom stereocenters. The minimum Gasteiger partial charge on any atom is -0.378 e. The van der Waals surface area contributed by atoms with Crippen LogP contribution in [-0.4, -0.2) is 75.3 Å². The van der Waals surface area contributed by atoms with Gasteiger partial charge in [0.1, 0.15) is 17.2 Å². The van der Waals surface area contributed by atoms with Gasteiger partial charge in [0.2, 0.25) is 10.9 Å². The molecular weight excluding hydrogens is 493 g/mol. The number of nitrogens with one attached hydrogen (secondary N) is 1. The summed E-state index contributed by atoms with van der Waals surface area (Å²) in [7, 11) is 3.82. The summed E-state index contributed by atoms with van der Waals surface area (Å²) in [5.74, 6) is 0.202. The molecule has 1 fully saturated rings. The highest BCUT2D eigenvalue weighted by molar-refractivity contribution is 7.16. The maximum absolute atomic E-state index is 13.7. The second kappa shape index (κ2) is 9.12. The lowest BCUT2D eigenvalue weighted by Gasteiger charge is -2.40. The van der Waals surface area contributed by atoms with E-state index in [-0.39, 0.29) is 30.0 Å². The van der Waals surface area contributed by atoms with Gasteiger partial charge < -0.3 is 19.7 Å². The van der Waals surface area contributed by atoms with Crippen LogP contribution in [0.4, 0.5) is 23.9 Å². The number of halogens is 3. The number of carbonyl (C=O) groups excluding carboxylic acids is 1. The first-order valence-electron chi connectivity index (χ1n) is 11.4. The minimum absolute atomic E-state index is 0.0830. The van der Waals surface area contributed by atoms with Crippen molar-refractivity contribution in [3.8, 4) is 11.5 Å². The summed E-state index contributed by atoms with van der Waals surface area (Å²) in [4.78, 5) is 30.0. The van der Waals surface area contributed by atoms with Crippen LogP contribution in [0.3, 0.4) is 0 Å². The number of hydrogen-bond donors (Lipinski definition) is 1. The first kappa shape index (κ1) is 24.1. The van der Waals surface area contributed by atoms with Crippen molar-refractivity contribution in [1.82, 2.24) is 29.6 Å². The molecule has 3 aromatic heterocycles. The maximum Gasteiger partial charge on any atom is 0.443 e. The molecule has 13 heteroatoms. The molecule has 1 aromatic carbocycles. The number of carbonyl (C=O) groups is 1. The summed E-state index contributed by atoms with van der Waals surface area (Å²) >= 11 is 0.605. The number of benzene rings is 1. The number of thiazole rings is 1. The van der Waals surface area contributed by atoms with Crippen LogP contribution in [0.25, 0.3) is 22.6 Å². The second-order valence-electron chi connectivity index (χ2n) is 8.94. The van der Waals surface area contributed by atoms with E-state index in [2.05, 4.69) is 20.1 Å². The molecule has 4 aromatic rings. The van der Waals surface area contributed by atoms with Crippen molar-refractivity contribution in [2.75, 3.05) is 43.5 Å². The molecule has 9 nitrogen and oxygen atoms in total. The Morgan fingerprint density at radius 1 is 1.25 bits per heavy atom. The van der Waals surface area contributed by atoms with E-state index >= 15 is 0 Å². The quantitative estimate of drug-likeness (QED) is 0.434. The zero-order valence-corrected chi connectivity index (χ0v) is 20.8. The Kier molecular flexibility index (Phi) is 6.10. The van der Waals surface area contributed by atoms with Gasteiger partial charge in [0.05, 0.1) is 11.0 Å². The number of aromatic amines is 1. The van der Waals surface area contributed by atoms with Crippen molar-refractivity contribution in [2.24, 2.45) is 0 Å². The first-order valence-corrected chi connectivity index (χ1v) is 12.2. The van der Waals surface area contributed by atoms with Crippen LogP contribution >= 0.6 is 11.3 Å². The number of piperazine rings is 1. The average molecular weight is 519 g/mol. The fourth-order valence-corrected chi connectivity index (χ4v) is 5.30. The molecule has 1 aliphatic rings. The number of fused-ring (bicyclic) bond motifs is 1. The van der Waals surface area contributed by atoms with Crippen molar-refractivity contribution in [1.29, 1.82) is 0 Å². The minimum atomic E-state index is -4.57. The molecule has 1 N–H and O–H groups in total. The predicted octanol–water partition coefficient (Wildman–Crippen LogP) is 3.71. The molecule has 1 saturated heterocycles. The van der Waals surface area contributed by atoms with Gasteiger partial charge in [0.15, 0.2) is 5.82 Å². The Balaban J connectivity index is 1.44. The summed E-state index contributed by atoms with van der Waals surface area (Å²) in [6.07, 6.45) is -1.25. The first-order chi connectivity index (χ1) is 17.1. The summed E-state index contributed by atoms with van der Waals surface area (Å²) in [6, 6.07) is 7.17. The highest BCUT2D eigenvalue weighted by atomic mass is 32.1. The van der Waals surface area contributed by atoms with Crippen molar-refractivity contribution in [3.05, 3.63) is 41.7 Å². The van der Waals surface area contributed by atoms with E-state index in [1.807, 2.05) is 49.0 Å². The van der Waals surface area contributed by atoms with Gasteiger partial charge in [0.25, 0.3) is 0 Å². The number of H-pyrrole nitrogens is 1. The van der Waals surface area contributed by atoms with E-state index < -0.39 is 11.2 Å². The van der Waals surface area contributed by atoms with Gasteiger partial charge in [-0.25, -0.2) is 9.97 Å². The highest BCUT2D eigenvalue weighted by Crippen LogP contribution is 2.43. The van der Waals surface area contributed by atoms with E-state index in [0.717, 1.165) is 5.69 Å². The van der Waals surface area contributed by atoms with E-state index in [1.54, 1.807) is 28.0 Å². The lowest BCUT2D eigenvalue weighted by atomic mass is 10.2. The summed E-state index contributed by atoms with van der Waals surface area (Å²) in [6.45, 7) is 3.15. The molecule has 36 heavy (non-hydrogen) atoms. The van der Waals surface area contributed by atoms with Gasteiger partial charge in [0, 0.05) is 57.9 Å². The lowest BCUT2D eigenvalue weighted by Crippen LogP contribution is -2.54. The van der Waals surface area contributed by atoms with Crippen LogP contribution in [0.5, 0.6) is 0 Å². The number of alkyl halides is 3. The maximum atomic E-state index is 13.7. The molecule has 0 radical (unpaired) electrons. The SMILES string of the molecule is C[C@@H]1CN(c2sc(C(F)(F)F)nc2-c2nc3ccc(N(C)C)cc3[nH]2)CCN1C(=O)Cn1cccn1. The molecule has 0 aliphatic carbocycles. The van der Waals surface area contributed by atoms with Crippen LogP contribution < -0.4 is 9.80 Å². The van der Waals surface area contributed by atoms with Gasteiger partial charge in [-0.2, -0.15) is 18.3 Å². The molecule has 1 amide bonds. The summed E-state index contributed by atoms with van der Waals surface area (Å²) in [5, 5.41) is 3.54. The largest absolute Gasteiger partial charge is 0.443 e. The number of anilines is 2. The predicted molar refractivity (Wildman–Crippen MR) is 132 cm³/mol. The zero-order chi connectivity index (χ0) is 25.6. The Morgan fingerprint density at radius 2 is 2.06 bits per heavy atom. The van der Waals surface area contributed by atoms with E-state index in [4.69, 9.17) is 0 Å². The van der Waals surface area contributed by atoms with Crippen LogP contribution in [0.2, 0.25) is 0 Å². The topological polar surface area (TPSA) is 86.2 Å². The van der Waals surface area contributed by atoms with Gasteiger partial charge in [-0.1, -0.05) is 11.3 Å². The van der Waals surface area contributed by atoms with Gasteiger partial charge in [-0.3, -0.25) is 9.48 Å². The monoisotopic (exact) mass is 518 g/mol. The van der Waals surface area contributed by atoms with E-state index in [9.17, 15) is 18.0 Å². The third-order valence-corrected chi connectivity index (χ3v) is 7.31. The molecule has 0 saturated carbocycles.